The molecular formula is C15H25NO. The van der Waals surface area contributed by atoms with E-state index < -0.39 is 0 Å². The third-order valence-electron chi connectivity index (χ3n) is 5.26. The van der Waals surface area contributed by atoms with Crippen LogP contribution in [0, 0.1) is 23.2 Å². The first-order valence-electron chi connectivity index (χ1n) is 7.38. The molecule has 4 saturated carbocycles. The molecule has 17 heavy (non-hydrogen) atoms. The monoisotopic (exact) mass is 235 g/mol. The van der Waals surface area contributed by atoms with Gasteiger partial charge in [-0.2, -0.15) is 0 Å². The van der Waals surface area contributed by atoms with Crippen LogP contribution < -0.4 is 5.32 Å². The van der Waals surface area contributed by atoms with E-state index in [-0.39, 0.29) is 11.5 Å². The van der Waals surface area contributed by atoms with Gasteiger partial charge in [0, 0.05) is 11.5 Å². The Hall–Kier alpha value is -0.530. The summed E-state index contributed by atoms with van der Waals surface area (Å²) in [6.45, 7) is 4.15. The summed E-state index contributed by atoms with van der Waals surface area (Å²) in [6.07, 6.45) is 9.13. The average Bonchev–Trinajstić information content (AvgIpc) is 2.44. The van der Waals surface area contributed by atoms with Crippen molar-refractivity contribution < 1.29 is 4.79 Å². The van der Waals surface area contributed by atoms with Crippen molar-refractivity contribution in [3.63, 3.8) is 0 Å². The molecule has 0 heterocycles. The van der Waals surface area contributed by atoms with Gasteiger partial charge in [-0.25, -0.2) is 0 Å². The lowest BCUT2D eigenvalue weighted by Crippen LogP contribution is -2.50. The summed E-state index contributed by atoms with van der Waals surface area (Å²) in [5.74, 6) is 2.92. The number of carbonyl (C=O) groups excluding carboxylic acids is 1. The summed E-state index contributed by atoms with van der Waals surface area (Å²) in [6, 6.07) is 0.289. The quantitative estimate of drug-likeness (QED) is 0.783. The Morgan fingerprint density at radius 2 is 1.59 bits per heavy atom. The van der Waals surface area contributed by atoms with E-state index in [1.807, 2.05) is 0 Å². The van der Waals surface area contributed by atoms with E-state index in [1.54, 1.807) is 0 Å². The third-order valence-corrected chi connectivity index (χ3v) is 5.26. The number of hydrogen-bond donors (Lipinski definition) is 1. The molecule has 2 nitrogen and oxygen atoms in total. The van der Waals surface area contributed by atoms with Crippen LogP contribution in [-0.4, -0.2) is 11.9 Å². The van der Waals surface area contributed by atoms with Crippen molar-refractivity contribution >= 4 is 5.91 Å². The Balaban J connectivity index is 1.84. The summed E-state index contributed by atoms with van der Waals surface area (Å²) in [5, 5.41) is 3.19. The van der Waals surface area contributed by atoms with Crippen LogP contribution in [0.3, 0.4) is 0 Å². The van der Waals surface area contributed by atoms with Gasteiger partial charge in [0.25, 0.3) is 0 Å². The lowest BCUT2D eigenvalue weighted by molar-refractivity contribution is -0.139. The minimum absolute atomic E-state index is 0.0251. The van der Waals surface area contributed by atoms with E-state index in [4.69, 9.17) is 0 Å². The molecule has 0 aromatic carbocycles. The van der Waals surface area contributed by atoms with Crippen molar-refractivity contribution in [3.8, 4) is 0 Å². The minimum atomic E-state index is 0.0251. The van der Waals surface area contributed by atoms with Gasteiger partial charge < -0.3 is 5.32 Å². The summed E-state index contributed by atoms with van der Waals surface area (Å²) in [7, 11) is 0. The topological polar surface area (TPSA) is 29.1 Å². The molecule has 1 amide bonds. The van der Waals surface area contributed by atoms with Crippen molar-refractivity contribution in [2.75, 3.05) is 0 Å². The molecule has 96 valence electrons. The second-order valence-electron chi connectivity index (χ2n) is 7.17. The van der Waals surface area contributed by atoms with Gasteiger partial charge in [-0.1, -0.05) is 12.8 Å². The van der Waals surface area contributed by atoms with E-state index in [1.165, 1.54) is 44.9 Å². The van der Waals surface area contributed by atoms with Crippen LogP contribution in [0.25, 0.3) is 0 Å². The standard InChI is InChI=1S/C15H25NO/c1-10(2)16-14(17)15-7-11-3-4-12(8-15)6-13(5-11)9-15/h10-13H,3-9H2,1-2H3,(H,16,17). The van der Waals surface area contributed by atoms with Crippen molar-refractivity contribution in [2.45, 2.75) is 64.8 Å². The molecule has 4 bridgehead atoms. The molecule has 4 aliphatic rings. The van der Waals surface area contributed by atoms with Crippen LogP contribution in [0.2, 0.25) is 0 Å². The van der Waals surface area contributed by atoms with E-state index in [9.17, 15) is 4.79 Å². The fraction of sp³-hybridized carbons (Fsp3) is 0.933. The van der Waals surface area contributed by atoms with Crippen LogP contribution in [0.1, 0.15) is 58.8 Å². The molecule has 0 saturated heterocycles. The minimum Gasteiger partial charge on any atom is -0.353 e. The van der Waals surface area contributed by atoms with Crippen molar-refractivity contribution in [1.82, 2.24) is 5.32 Å². The van der Waals surface area contributed by atoms with Crippen LogP contribution in [0.4, 0.5) is 0 Å². The first-order valence-corrected chi connectivity index (χ1v) is 7.38. The molecular weight excluding hydrogens is 210 g/mol. The highest BCUT2D eigenvalue weighted by Crippen LogP contribution is 2.57. The number of amides is 1. The van der Waals surface area contributed by atoms with Crippen LogP contribution in [-0.2, 0) is 4.79 Å². The Morgan fingerprint density at radius 3 is 2.12 bits per heavy atom. The van der Waals surface area contributed by atoms with Crippen molar-refractivity contribution in [1.29, 1.82) is 0 Å². The van der Waals surface area contributed by atoms with Gasteiger partial charge >= 0.3 is 0 Å². The summed E-state index contributed by atoms with van der Waals surface area (Å²) < 4.78 is 0. The van der Waals surface area contributed by atoms with Gasteiger partial charge in [-0.15, -0.1) is 0 Å². The normalized spacial score (nSPS) is 43.8. The van der Waals surface area contributed by atoms with Gasteiger partial charge in [-0.05, 0) is 63.7 Å². The predicted octanol–water partition coefficient (Wildman–Crippen LogP) is 3.12. The Kier molecular flexibility index (Phi) is 2.72. The highest BCUT2D eigenvalue weighted by atomic mass is 16.2. The summed E-state index contributed by atoms with van der Waals surface area (Å²) in [5.41, 5.74) is 0.0251. The van der Waals surface area contributed by atoms with E-state index in [2.05, 4.69) is 19.2 Å². The van der Waals surface area contributed by atoms with Crippen LogP contribution >= 0.6 is 0 Å². The molecule has 2 heteroatoms. The van der Waals surface area contributed by atoms with E-state index in [0.717, 1.165) is 17.8 Å². The number of fused-ring (bicyclic) bond motifs is 1. The molecule has 1 N–H and O–H groups in total. The predicted molar refractivity (Wildman–Crippen MR) is 68.5 cm³/mol. The summed E-state index contributed by atoms with van der Waals surface area (Å²) >= 11 is 0. The molecule has 0 aromatic heterocycles. The molecule has 0 aromatic rings. The zero-order valence-electron chi connectivity index (χ0n) is 11.2. The van der Waals surface area contributed by atoms with Gasteiger partial charge in [-0.3, -0.25) is 4.79 Å². The third kappa shape index (κ3) is 2.00. The Morgan fingerprint density at radius 1 is 1.06 bits per heavy atom. The fourth-order valence-electron chi connectivity index (χ4n) is 4.88. The molecule has 4 fully saturated rings. The van der Waals surface area contributed by atoms with Gasteiger partial charge in [0.2, 0.25) is 5.91 Å². The summed E-state index contributed by atoms with van der Waals surface area (Å²) in [4.78, 5) is 12.5. The number of carbonyl (C=O) groups is 1. The second kappa shape index (κ2) is 4.00. The fourth-order valence-corrected chi connectivity index (χ4v) is 4.88. The number of nitrogens with one attached hydrogen (secondary N) is 1. The average molecular weight is 235 g/mol. The van der Waals surface area contributed by atoms with Crippen molar-refractivity contribution in [2.24, 2.45) is 23.2 Å². The van der Waals surface area contributed by atoms with Gasteiger partial charge in [0.15, 0.2) is 0 Å². The maximum Gasteiger partial charge on any atom is 0.226 e. The second-order valence-corrected chi connectivity index (χ2v) is 7.17. The smallest absolute Gasteiger partial charge is 0.226 e. The molecule has 2 atom stereocenters. The number of hydrogen-bond acceptors (Lipinski definition) is 1. The van der Waals surface area contributed by atoms with Gasteiger partial charge in [0.1, 0.15) is 0 Å². The van der Waals surface area contributed by atoms with Crippen molar-refractivity contribution in [3.05, 3.63) is 0 Å². The highest BCUT2D eigenvalue weighted by Gasteiger charge is 2.52. The lowest BCUT2D eigenvalue weighted by atomic mass is 9.58. The largest absolute Gasteiger partial charge is 0.353 e. The van der Waals surface area contributed by atoms with Gasteiger partial charge in [0.05, 0.1) is 0 Å². The molecule has 4 aliphatic carbocycles. The van der Waals surface area contributed by atoms with E-state index in [0.29, 0.717) is 5.91 Å². The first-order chi connectivity index (χ1) is 8.07. The molecule has 2 unspecified atom stereocenters. The van der Waals surface area contributed by atoms with Crippen LogP contribution in [0.5, 0.6) is 0 Å². The molecule has 0 radical (unpaired) electrons. The SMILES string of the molecule is CC(C)NC(=O)C12CC3CCC(CC(C3)C1)C2. The number of rotatable bonds is 2. The maximum absolute atomic E-state index is 12.5. The highest BCUT2D eigenvalue weighted by molar-refractivity contribution is 5.83. The van der Waals surface area contributed by atoms with Crippen LogP contribution in [0.15, 0.2) is 0 Å². The Labute approximate surface area is 105 Å². The zero-order valence-corrected chi connectivity index (χ0v) is 11.2. The molecule has 0 aliphatic heterocycles. The molecule has 0 spiro atoms. The zero-order chi connectivity index (χ0) is 12.0. The lowest BCUT2D eigenvalue weighted by Gasteiger charge is -2.47. The Bertz CT molecular complexity index is 307. The van der Waals surface area contributed by atoms with E-state index >= 15 is 0 Å². The molecule has 4 rings (SSSR count). The maximum atomic E-state index is 12.5. The first kappa shape index (κ1) is 11.6.